The van der Waals surface area contributed by atoms with Crippen LogP contribution < -0.4 is 5.32 Å². The lowest BCUT2D eigenvalue weighted by Crippen LogP contribution is -2.26. The molecule has 0 radical (unpaired) electrons. The summed E-state index contributed by atoms with van der Waals surface area (Å²) >= 11 is 0. The third-order valence-corrected chi connectivity index (χ3v) is 1.24. The monoisotopic (exact) mass is 191 g/mol. The number of aliphatic hydroxyl groups is 1. The van der Waals surface area contributed by atoms with Gasteiger partial charge in [-0.3, -0.25) is 0 Å². The second-order valence-electron chi connectivity index (χ2n) is 2.07. The SMILES string of the molecule is CC.CC.CC(O)C1CNC(=O)O1. The lowest BCUT2D eigenvalue weighted by atomic mass is 10.2. The van der Waals surface area contributed by atoms with Crippen LogP contribution in [0.4, 0.5) is 4.79 Å². The molecule has 1 amide bonds. The molecule has 2 unspecified atom stereocenters. The fourth-order valence-corrected chi connectivity index (χ4v) is 0.674. The molecule has 1 heterocycles. The molecule has 2 atom stereocenters. The van der Waals surface area contributed by atoms with Crippen LogP contribution in [0.1, 0.15) is 34.6 Å². The Balaban J connectivity index is 0. The fourth-order valence-electron chi connectivity index (χ4n) is 0.674. The van der Waals surface area contributed by atoms with Crippen molar-refractivity contribution in [1.29, 1.82) is 0 Å². The first kappa shape index (κ1) is 14.7. The molecule has 80 valence electrons. The number of cyclic esters (lactones) is 1. The Kier molecular flexibility index (Phi) is 10.6. The fraction of sp³-hybridized carbons (Fsp3) is 0.889. The molecule has 0 saturated carbocycles. The van der Waals surface area contributed by atoms with Gasteiger partial charge in [-0.05, 0) is 6.92 Å². The Hall–Kier alpha value is -0.770. The predicted octanol–water partition coefficient (Wildman–Crippen LogP) is 1.53. The Morgan fingerprint density at radius 1 is 1.46 bits per heavy atom. The van der Waals surface area contributed by atoms with Crippen LogP contribution in [0, 0.1) is 0 Å². The van der Waals surface area contributed by atoms with Crippen molar-refractivity contribution < 1.29 is 14.6 Å². The molecule has 1 aliphatic heterocycles. The molecule has 0 aromatic heterocycles. The van der Waals surface area contributed by atoms with Gasteiger partial charge in [0.1, 0.15) is 6.10 Å². The summed E-state index contributed by atoms with van der Waals surface area (Å²) in [6.07, 6.45) is -1.39. The first-order valence-corrected chi connectivity index (χ1v) is 4.82. The van der Waals surface area contributed by atoms with E-state index in [0.29, 0.717) is 6.54 Å². The van der Waals surface area contributed by atoms with Gasteiger partial charge in [0, 0.05) is 0 Å². The topological polar surface area (TPSA) is 58.6 Å². The summed E-state index contributed by atoms with van der Waals surface area (Å²) in [6, 6.07) is 0. The van der Waals surface area contributed by atoms with Crippen LogP contribution >= 0.6 is 0 Å². The van der Waals surface area contributed by atoms with E-state index in [9.17, 15) is 4.79 Å². The van der Waals surface area contributed by atoms with Crippen molar-refractivity contribution in [2.75, 3.05) is 6.54 Å². The van der Waals surface area contributed by atoms with Gasteiger partial charge in [0.25, 0.3) is 0 Å². The molecule has 13 heavy (non-hydrogen) atoms. The smallest absolute Gasteiger partial charge is 0.407 e. The maximum absolute atomic E-state index is 10.3. The molecule has 4 heteroatoms. The summed E-state index contributed by atoms with van der Waals surface area (Å²) in [5.74, 6) is 0. The number of alkyl carbamates (subject to hydrolysis) is 1. The maximum Gasteiger partial charge on any atom is 0.407 e. The zero-order valence-corrected chi connectivity index (χ0v) is 9.13. The van der Waals surface area contributed by atoms with Gasteiger partial charge in [-0.15, -0.1) is 0 Å². The Morgan fingerprint density at radius 2 is 1.92 bits per heavy atom. The summed E-state index contributed by atoms with van der Waals surface area (Å²) in [5, 5.41) is 11.3. The van der Waals surface area contributed by atoms with E-state index >= 15 is 0 Å². The molecule has 0 aromatic carbocycles. The molecule has 1 rings (SSSR count). The molecule has 2 N–H and O–H groups in total. The first-order valence-electron chi connectivity index (χ1n) is 4.82. The van der Waals surface area contributed by atoms with Gasteiger partial charge in [0.15, 0.2) is 0 Å². The second kappa shape index (κ2) is 9.32. The van der Waals surface area contributed by atoms with Crippen molar-refractivity contribution in [1.82, 2.24) is 5.32 Å². The minimum atomic E-state index is -0.580. The van der Waals surface area contributed by atoms with Gasteiger partial charge >= 0.3 is 6.09 Å². The highest BCUT2D eigenvalue weighted by Crippen LogP contribution is 2.03. The molecule has 0 spiro atoms. The number of aliphatic hydroxyl groups excluding tert-OH is 1. The van der Waals surface area contributed by atoms with E-state index in [2.05, 4.69) is 10.1 Å². The Morgan fingerprint density at radius 3 is 2.08 bits per heavy atom. The average molecular weight is 191 g/mol. The average Bonchev–Trinajstić information content (AvgIpc) is 2.59. The largest absolute Gasteiger partial charge is 0.442 e. The van der Waals surface area contributed by atoms with Crippen molar-refractivity contribution in [3.8, 4) is 0 Å². The van der Waals surface area contributed by atoms with Crippen LogP contribution in [0.25, 0.3) is 0 Å². The lowest BCUT2D eigenvalue weighted by molar-refractivity contribution is 0.0437. The predicted molar refractivity (Wildman–Crippen MR) is 52.6 cm³/mol. The zero-order chi connectivity index (χ0) is 10.9. The summed E-state index contributed by atoms with van der Waals surface area (Å²) < 4.78 is 4.62. The molecule has 0 aromatic rings. The van der Waals surface area contributed by atoms with Crippen LogP contribution in [-0.4, -0.2) is 30.0 Å². The van der Waals surface area contributed by atoms with Crippen LogP contribution in [-0.2, 0) is 4.74 Å². The van der Waals surface area contributed by atoms with Crippen molar-refractivity contribution in [2.45, 2.75) is 46.8 Å². The summed E-state index contributed by atoms with van der Waals surface area (Å²) in [7, 11) is 0. The van der Waals surface area contributed by atoms with Crippen LogP contribution in [0.15, 0.2) is 0 Å². The van der Waals surface area contributed by atoms with Crippen molar-refractivity contribution in [3.05, 3.63) is 0 Å². The molecule has 0 aliphatic carbocycles. The van der Waals surface area contributed by atoms with Gasteiger partial charge < -0.3 is 15.2 Å². The number of nitrogens with one attached hydrogen (secondary N) is 1. The summed E-state index contributed by atoms with van der Waals surface area (Å²) in [5.41, 5.74) is 0. The second-order valence-corrected chi connectivity index (χ2v) is 2.07. The maximum atomic E-state index is 10.3. The van der Waals surface area contributed by atoms with Gasteiger partial charge in [-0.1, -0.05) is 27.7 Å². The molecular formula is C9H21NO3. The standard InChI is InChI=1S/C5H9NO3.2C2H6/c1-3(7)4-2-6-5(8)9-4;2*1-2/h3-4,7H,2H2,1H3,(H,6,8);2*1-2H3. The van der Waals surface area contributed by atoms with Crippen molar-refractivity contribution in [2.24, 2.45) is 0 Å². The molecule has 1 saturated heterocycles. The minimum Gasteiger partial charge on any atom is -0.442 e. The first-order chi connectivity index (χ1) is 6.20. The van der Waals surface area contributed by atoms with Crippen molar-refractivity contribution in [3.63, 3.8) is 0 Å². The van der Waals surface area contributed by atoms with Crippen LogP contribution in [0.2, 0.25) is 0 Å². The Labute approximate surface area is 80.3 Å². The molecule has 4 nitrogen and oxygen atoms in total. The van der Waals surface area contributed by atoms with Gasteiger partial charge in [-0.25, -0.2) is 4.79 Å². The zero-order valence-electron chi connectivity index (χ0n) is 9.13. The normalized spacial score (nSPS) is 21.1. The third kappa shape index (κ3) is 6.40. The highest BCUT2D eigenvalue weighted by Gasteiger charge is 2.26. The summed E-state index contributed by atoms with van der Waals surface area (Å²) in [4.78, 5) is 10.3. The lowest BCUT2D eigenvalue weighted by Gasteiger charge is -2.08. The number of hydrogen-bond donors (Lipinski definition) is 2. The molecule has 1 aliphatic rings. The highest BCUT2D eigenvalue weighted by molar-refractivity contribution is 5.69. The quantitative estimate of drug-likeness (QED) is 0.660. The van der Waals surface area contributed by atoms with E-state index in [-0.39, 0.29) is 6.10 Å². The molecule has 1 fully saturated rings. The molecular weight excluding hydrogens is 170 g/mol. The number of ether oxygens (including phenoxy) is 1. The highest BCUT2D eigenvalue weighted by atomic mass is 16.6. The number of hydrogen-bond acceptors (Lipinski definition) is 3. The van der Waals surface area contributed by atoms with E-state index in [1.165, 1.54) is 0 Å². The van der Waals surface area contributed by atoms with E-state index in [0.717, 1.165) is 0 Å². The van der Waals surface area contributed by atoms with Gasteiger partial charge in [0.2, 0.25) is 0 Å². The third-order valence-electron chi connectivity index (χ3n) is 1.24. The number of carbonyl (C=O) groups excluding carboxylic acids is 1. The van der Waals surface area contributed by atoms with E-state index < -0.39 is 12.2 Å². The van der Waals surface area contributed by atoms with Crippen LogP contribution in [0.5, 0.6) is 0 Å². The van der Waals surface area contributed by atoms with Crippen molar-refractivity contribution >= 4 is 6.09 Å². The van der Waals surface area contributed by atoms with Gasteiger partial charge in [0.05, 0.1) is 12.6 Å². The van der Waals surface area contributed by atoms with Gasteiger partial charge in [-0.2, -0.15) is 0 Å². The summed E-state index contributed by atoms with van der Waals surface area (Å²) in [6.45, 7) is 10.0. The number of carbonyl (C=O) groups is 1. The molecule has 0 bridgehead atoms. The number of rotatable bonds is 1. The van der Waals surface area contributed by atoms with E-state index in [4.69, 9.17) is 5.11 Å². The number of amides is 1. The van der Waals surface area contributed by atoms with E-state index in [1.54, 1.807) is 6.92 Å². The minimum absolute atomic E-state index is 0.363. The Bertz CT molecular complexity index is 126. The van der Waals surface area contributed by atoms with E-state index in [1.807, 2.05) is 27.7 Å². The van der Waals surface area contributed by atoms with Crippen LogP contribution in [0.3, 0.4) is 0 Å².